The van der Waals surface area contributed by atoms with E-state index in [1.165, 1.54) is 30.5 Å². The third kappa shape index (κ3) is 5.33. The fourth-order valence-corrected chi connectivity index (χ4v) is 2.85. The molecule has 30 heavy (non-hydrogen) atoms. The lowest BCUT2D eigenvalue weighted by Gasteiger charge is -2.02. The maximum absolute atomic E-state index is 12.5. The number of halogens is 3. The number of benzene rings is 1. The highest BCUT2D eigenvalue weighted by atomic mass is 32.2. The van der Waals surface area contributed by atoms with Crippen LogP contribution in [0.4, 0.5) is 13.2 Å². The molecule has 13 heteroatoms. The fourth-order valence-electron chi connectivity index (χ4n) is 2.34. The van der Waals surface area contributed by atoms with Crippen LogP contribution in [0.15, 0.2) is 63.1 Å². The summed E-state index contributed by atoms with van der Waals surface area (Å²) in [7, 11) is -3.80. The molecule has 0 atom stereocenters. The lowest BCUT2D eigenvalue weighted by molar-refractivity contribution is -0.141. The Morgan fingerprint density at radius 2 is 1.90 bits per heavy atom. The number of nitrogens with zero attached hydrogens (tertiary/aromatic N) is 3. The lowest BCUT2D eigenvalue weighted by atomic mass is 10.2. The first-order valence-corrected chi connectivity index (χ1v) is 9.72. The highest BCUT2D eigenvalue weighted by Gasteiger charge is 2.33. The molecule has 0 saturated heterocycles. The van der Waals surface area contributed by atoms with E-state index in [0.717, 1.165) is 16.9 Å². The summed E-state index contributed by atoms with van der Waals surface area (Å²) in [6.07, 6.45) is -2.35. The number of amides is 1. The molecular weight excluding hydrogens is 427 g/mol. The third-order valence-electron chi connectivity index (χ3n) is 3.71. The number of nitrogens with one attached hydrogen (secondary N) is 1. The summed E-state index contributed by atoms with van der Waals surface area (Å²) in [5, 5.41) is 12.0. The number of rotatable bonds is 6. The molecule has 0 bridgehead atoms. The molecule has 0 spiro atoms. The number of alkyl halides is 3. The number of primary sulfonamides is 1. The van der Waals surface area contributed by atoms with Crippen LogP contribution in [0, 0.1) is 0 Å². The predicted octanol–water partition coefficient (Wildman–Crippen LogP) is 1.96. The van der Waals surface area contributed by atoms with Crippen LogP contribution < -0.4 is 10.6 Å². The zero-order valence-corrected chi connectivity index (χ0v) is 15.8. The second-order valence-corrected chi connectivity index (χ2v) is 7.52. The summed E-state index contributed by atoms with van der Waals surface area (Å²) in [6.45, 7) is -0.451. The molecule has 9 nitrogen and oxygen atoms in total. The average molecular weight is 441 g/mol. The SMILES string of the molecule is NS(=O)(=O)c1ccc(-c2ccc(C=NNC(=O)Cn3ccc(C(F)(F)F)n3)o2)cc1. The van der Waals surface area contributed by atoms with Gasteiger partial charge in [0.15, 0.2) is 5.69 Å². The number of furan rings is 1. The molecule has 3 aromatic rings. The molecule has 0 radical (unpaired) electrons. The van der Waals surface area contributed by atoms with Gasteiger partial charge in [-0.15, -0.1) is 0 Å². The van der Waals surface area contributed by atoms with Crippen LogP contribution in [-0.4, -0.2) is 30.3 Å². The van der Waals surface area contributed by atoms with Gasteiger partial charge in [0.05, 0.1) is 11.1 Å². The quantitative estimate of drug-likeness (QED) is 0.446. The van der Waals surface area contributed by atoms with Crippen molar-refractivity contribution >= 4 is 22.1 Å². The van der Waals surface area contributed by atoms with E-state index in [1.807, 2.05) is 0 Å². The van der Waals surface area contributed by atoms with Crippen LogP contribution >= 0.6 is 0 Å². The molecule has 0 aliphatic rings. The maximum Gasteiger partial charge on any atom is 0.435 e. The van der Waals surface area contributed by atoms with Crippen LogP contribution in [-0.2, 0) is 27.5 Å². The molecule has 3 rings (SSSR count). The van der Waals surface area contributed by atoms with Crippen molar-refractivity contribution in [3.63, 3.8) is 0 Å². The van der Waals surface area contributed by atoms with Gasteiger partial charge < -0.3 is 4.42 Å². The summed E-state index contributed by atoms with van der Waals surface area (Å²) in [5.74, 6) is 0.00711. The first-order valence-electron chi connectivity index (χ1n) is 8.18. The molecule has 2 aromatic heterocycles. The fraction of sp³-hybridized carbons (Fsp3) is 0.118. The Morgan fingerprint density at radius 3 is 2.50 bits per heavy atom. The van der Waals surface area contributed by atoms with E-state index in [9.17, 15) is 26.4 Å². The molecule has 0 unspecified atom stereocenters. The van der Waals surface area contributed by atoms with Crippen molar-refractivity contribution in [2.75, 3.05) is 0 Å². The number of aromatic nitrogens is 2. The summed E-state index contributed by atoms with van der Waals surface area (Å²) >= 11 is 0. The Bertz CT molecular complexity index is 1180. The van der Waals surface area contributed by atoms with E-state index in [1.54, 1.807) is 12.1 Å². The summed E-state index contributed by atoms with van der Waals surface area (Å²) in [5.41, 5.74) is 1.64. The Balaban J connectivity index is 1.58. The van der Waals surface area contributed by atoms with Crippen molar-refractivity contribution in [2.45, 2.75) is 17.6 Å². The van der Waals surface area contributed by atoms with Gasteiger partial charge >= 0.3 is 6.18 Å². The van der Waals surface area contributed by atoms with E-state index in [2.05, 4.69) is 15.6 Å². The summed E-state index contributed by atoms with van der Waals surface area (Å²) < 4.78 is 66.3. The van der Waals surface area contributed by atoms with Gasteiger partial charge in [-0.05, 0) is 42.5 Å². The number of carbonyl (C=O) groups excluding carboxylic acids is 1. The smallest absolute Gasteiger partial charge is 0.435 e. The van der Waals surface area contributed by atoms with Gasteiger partial charge in [-0.25, -0.2) is 19.0 Å². The molecule has 158 valence electrons. The van der Waals surface area contributed by atoms with Gasteiger partial charge in [0.2, 0.25) is 10.0 Å². The van der Waals surface area contributed by atoms with E-state index >= 15 is 0 Å². The van der Waals surface area contributed by atoms with Crippen molar-refractivity contribution in [1.82, 2.24) is 15.2 Å². The summed E-state index contributed by atoms with van der Waals surface area (Å²) in [6, 6.07) is 9.62. The molecular formula is C17H14F3N5O4S. The van der Waals surface area contributed by atoms with Gasteiger partial charge in [-0.3, -0.25) is 9.48 Å². The van der Waals surface area contributed by atoms with Crippen molar-refractivity contribution in [3.05, 3.63) is 60.1 Å². The normalized spacial score (nSPS) is 12.4. The van der Waals surface area contributed by atoms with Gasteiger partial charge in [-0.2, -0.15) is 23.4 Å². The van der Waals surface area contributed by atoms with Crippen LogP contribution in [0.5, 0.6) is 0 Å². The highest BCUT2D eigenvalue weighted by Crippen LogP contribution is 2.27. The van der Waals surface area contributed by atoms with Crippen molar-refractivity contribution < 1.29 is 30.8 Å². The number of hydrazone groups is 1. The second kappa shape index (κ2) is 8.12. The minimum absolute atomic E-state index is 0.0400. The molecule has 0 saturated carbocycles. The number of hydrogen-bond acceptors (Lipinski definition) is 6. The van der Waals surface area contributed by atoms with Crippen LogP contribution in [0.3, 0.4) is 0 Å². The zero-order chi connectivity index (χ0) is 21.9. The molecule has 0 aliphatic heterocycles. The molecule has 0 fully saturated rings. The van der Waals surface area contributed by atoms with E-state index < -0.39 is 34.3 Å². The van der Waals surface area contributed by atoms with Gasteiger partial charge in [0, 0.05) is 11.8 Å². The van der Waals surface area contributed by atoms with Gasteiger partial charge in [0.25, 0.3) is 5.91 Å². The Labute approximate surface area is 168 Å². The molecule has 3 N–H and O–H groups in total. The van der Waals surface area contributed by atoms with E-state index in [4.69, 9.17) is 9.56 Å². The first kappa shape index (κ1) is 21.3. The number of sulfonamides is 1. The second-order valence-electron chi connectivity index (χ2n) is 5.96. The largest absolute Gasteiger partial charge is 0.455 e. The molecule has 1 aromatic carbocycles. The van der Waals surface area contributed by atoms with Crippen LogP contribution in [0.25, 0.3) is 11.3 Å². The number of hydrogen-bond donors (Lipinski definition) is 2. The van der Waals surface area contributed by atoms with Crippen LogP contribution in [0.1, 0.15) is 11.5 Å². The molecule has 1 amide bonds. The van der Waals surface area contributed by atoms with E-state index in [0.29, 0.717) is 11.3 Å². The van der Waals surface area contributed by atoms with Gasteiger partial charge in [0.1, 0.15) is 18.1 Å². The Hall–Kier alpha value is -3.45. The first-order chi connectivity index (χ1) is 14.0. The maximum atomic E-state index is 12.5. The number of nitrogens with two attached hydrogens (primary N) is 1. The summed E-state index contributed by atoms with van der Waals surface area (Å²) in [4.78, 5) is 11.7. The minimum Gasteiger partial charge on any atom is -0.455 e. The highest BCUT2D eigenvalue weighted by molar-refractivity contribution is 7.89. The zero-order valence-electron chi connectivity index (χ0n) is 15.0. The number of carbonyl (C=O) groups is 1. The molecule has 0 aliphatic carbocycles. The third-order valence-corrected chi connectivity index (χ3v) is 4.64. The van der Waals surface area contributed by atoms with Crippen molar-refractivity contribution in [3.8, 4) is 11.3 Å². The topological polar surface area (TPSA) is 133 Å². The molecule has 2 heterocycles. The van der Waals surface area contributed by atoms with Gasteiger partial charge in [-0.1, -0.05) is 0 Å². The predicted molar refractivity (Wildman–Crippen MR) is 98.5 cm³/mol. The Morgan fingerprint density at radius 1 is 1.20 bits per heavy atom. The van der Waals surface area contributed by atoms with E-state index in [-0.39, 0.29) is 10.7 Å². The van der Waals surface area contributed by atoms with Crippen molar-refractivity contribution in [1.29, 1.82) is 0 Å². The monoisotopic (exact) mass is 441 g/mol. The van der Waals surface area contributed by atoms with Crippen LogP contribution in [0.2, 0.25) is 0 Å². The lowest BCUT2D eigenvalue weighted by Crippen LogP contribution is -2.23. The average Bonchev–Trinajstić information content (AvgIpc) is 3.30. The standard InChI is InChI=1S/C17H14F3N5O4S/c18-17(19,20)15-7-8-25(24-15)10-16(26)23-22-9-12-3-6-14(29-12)11-1-4-13(5-2-11)30(21,27)28/h1-9H,10H2,(H,23,26)(H2,21,27,28). The van der Waals surface area contributed by atoms with Crippen molar-refractivity contribution in [2.24, 2.45) is 10.2 Å². The minimum atomic E-state index is -4.59. The Kier molecular flexibility index (Phi) is 5.75.